The van der Waals surface area contributed by atoms with Crippen molar-refractivity contribution in [2.45, 2.75) is 44.7 Å². The number of pyridine rings is 1. The predicted octanol–water partition coefficient (Wildman–Crippen LogP) is 3.30. The largest absolute Gasteiger partial charge is 0.468 e. The molecule has 2 aliphatic rings. The van der Waals surface area contributed by atoms with Gasteiger partial charge in [-0.25, -0.2) is 9.78 Å². The van der Waals surface area contributed by atoms with Crippen LogP contribution in [0.3, 0.4) is 0 Å². The fourth-order valence-corrected chi connectivity index (χ4v) is 4.21. The molecule has 0 aliphatic carbocycles. The Hall–Kier alpha value is -2.54. The molecular weight excluding hydrogens is 366 g/mol. The van der Waals surface area contributed by atoms with Crippen molar-refractivity contribution in [2.75, 3.05) is 37.6 Å². The van der Waals surface area contributed by atoms with Crippen LogP contribution < -0.4 is 15.5 Å². The van der Waals surface area contributed by atoms with Crippen molar-refractivity contribution in [1.29, 1.82) is 0 Å². The first-order chi connectivity index (χ1) is 14.3. The molecule has 2 aliphatic heterocycles. The van der Waals surface area contributed by atoms with Crippen molar-refractivity contribution in [3.8, 4) is 0 Å². The van der Waals surface area contributed by atoms with Crippen LogP contribution in [0.2, 0.25) is 0 Å². The predicted molar refractivity (Wildman–Crippen MR) is 113 cm³/mol. The second kappa shape index (κ2) is 9.78. The van der Waals surface area contributed by atoms with Crippen LogP contribution >= 0.6 is 0 Å². The number of anilines is 1. The Morgan fingerprint density at radius 1 is 1.03 bits per heavy atom. The van der Waals surface area contributed by atoms with Gasteiger partial charge in [0.2, 0.25) is 0 Å². The molecule has 2 N–H and O–H groups in total. The third kappa shape index (κ3) is 5.29. The SMILES string of the molecule is O=C(NCc1ccc(N2CCCC2)nc1)NCC(c1ccco1)N1CCCCC1. The van der Waals surface area contributed by atoms with E-state index in [1.165, 1.54) is 32.1 Å². The molecule has 0 aromatic carbocycles. The summed E-state index contributed by atoms with van der Waals surface area (Å²) < 4.78 is 5.64. The van der Waals surface area contributed by atoms with Gasteiger partial charge in [-0.1, -0.05) is 12.5 Å². The molecule has 156 valence electrons. The van der Waals surface area contributed by atoms with Crippen LogP contribution in [-0.2, 0) is 6.54 Å². The summed E-state index contributed by atoms with van der Waals surface area (Å²) in [5, 5.41) is 5.95. The summed E-state index contributed by atoms with van der Waals surface area (Å²) >= 11 is 0. The molecule has 7 heteroatoms. The number of furan rings is 1. The van der Waals surface area contributed by atoms with Crippen LogP contribution in [0, 0.1) is 0 Å². The van der Waals surface area contributed by atoms with Gasteiger partial charge in [0, 0.05) is 32.4 Å². The van der Waals surface area contributed by atoms with E-state index in [0.717, 1.165) is 43.3 Å². The second-order valence-corrected chi connectivity index (χ2v) is 7.91. The lowest BCUT2D eigenvalue weighted by Crippen LogP contribution is -2.43. The first-order valence-corrected chi connectivity index (χ1v) is 10.8. The smallest absolute Gasteiger partial charge is 0.315 e. The highest BCUT2D eigenvalue weighted by molar-refractivity contribution is 5.73. The Morgan fingerprint density at radius 2 is 1.83 bits per heavy atom. The highest BCUT2D eigenvalue weighted by Gasteiger charge is 2.24. The monoisotopic (exact) mass is 397 g/mol. The standard InChI is InChI=1S/C22H31N5O2/c28-22(24-16-18-8-9-21(23-15-18)27-12-4-5-13-27)25-17-19(20-7-6-14-29-20)26-10-2-1-3-11-26/h6-9,14-15,19H,1-5,10-13,16-17H2,(H2,24,25,28). The molecule has 1 atom stereocenters. The number of rotatable bonds is 7. The Balaban J connectivity index is 1.26. The highest BCUT2D eigenvalue weighted by atomic mass is 16.3. The van der Waals surface area contributed by atoms with Gasteiger partial charge in [-0.3, -0.25) is 4.90 Å². The van der Waals surface area contributed by atoms with E-state index in [4.69, 9.17) is 4.42 Å². The van der Waals surface area contributed by atoms with Crippen LogP contribution in [0.5, 0.6) is 0 Å². The Kier molecular flexibility index (Phi) is 6.67. The lowest BCUT2D eigenvalue weighted by Gasteiger charge is -2.33. The number of hydrogen-bond donors (Lipinski definition) is 2. The van der Waals surface area contributed by atoms with Crippen LogP contribution in [0.4, 0.5) is 10.6 Å². The molecule has 1 unspecified atom stereocenters. The molecule has 0 bridgehead atoms. The zero-order valence-electron chi connectivity index (χ0n) is 17.0. The van der Waals surface area contributed by atoms with Crippen LogP contribution in [-0.4, -0.2) is 48.6 Å². The quantitative estimate of drug-likeness (QED) is 0.750. The van der Waals surface area contributed by atoms with Crippen LogP contribution in [0.1, 0.15) is 49.5 Å². The number of carbonyl (C=O) groups excluding carboxylic acids is 1. The summed E-state index contributed by atoms with van der Waals surface area (Å²) in [6.07, 6.45) is 9.70. The molecule has 2 fully saturated rings. The summed E-state index contributed by atoms with van der Waals surface area (Å²) in [6, 6.07) is 7.90. The van der Waals surface area contributed by atoms with E-state index < -0.39 is 0 Å². The van der Waals surface area contributed by atoms with Crippen molar-refractivity contribution >= 4 is 11.8 Å². The maximum atomic E-state index is 12.3. The number of aromatic nitrogens is 1. The van der Waals surface area contributed by atoms with Gasteiger partial charge in [0.05, 0.1) is 12.3 Å². The fourth-order valence-electron chi connectivity index (χ4n) is 4.21. The lowest BCUT2D eigenvalue weighted by atomic mass is 10.1. The summed E-state index contributed by atoms with van der Waals surface area (Å²) in [5.74, 6) is 1.94. The molecule has 0 saturated carbocycles. The minimum Gasteiger partial charge on any atom is -0.468 e. The molecule has 0 radical (unpaired) electrons. The van der Waals surface area contributed by atoms with Gasteiger partial charge in [-0.2, -0.15) is 0 Å². The third-order valence-corrected chi connectivity index (χ3v) is 5.85. The van der Waals surface area contributed by atoms with E-state index in [1.807, 2.05) is 30.5 Å². The van der Waals surface area contributed by atoms with Crippen molar-refractivity contribution in [3.05, 3.63) is 48.0 Å². The van der Waals surface area contributed by atoms with E-state index in [0.29, 0.717) is 13.1 Å². The van der Waals surface area contributed by atoms with Gasteiger partial charge in [-0.15, -0.1) is 0 Å². The molecule has 2 aromatic heterocycles. The summed E-state index contributed by atoms with van der Waals surface area (Å²) in [4.78, 5) is 21.6. The molecule has 29 heavy (non-hydrogen) atoms. The van der Waals surface area contributed by atoms with Crippen molar-refractivity contribution in [2.24, 2.45) is 0 Å². The summed E-state index contributed by atoms with van der Waals surface area (Å²) in [7, 11) is 0. The Labute approximate surface area is 172 Å². The van der Waals surface area contributed by atoms with Crippen molar-refractivity contribution in [3.63, 3.8) is 0 Å². The van der Waals surface area contributed by atoms with E-state index >= 15 is 0 Å². The molecule has 7 nitrogen and oxygen atoms in total. The van der Waals surface area contributed by atoms with E-state index in [1.54, 1.807) is 6.26 Å². The minimum atomic E-state index is -0.165. The molecule has 2 aromatic rings. The lowest BCUT2D eigenvalue weighted by molar-refractivity contribution is 0.143. The van der Waals surface area contributed by atoms with Crippen molar-refractivity contribution in [1.82, 2.24) is 20.5 Å². The van der Waals surface area contributed by atoms with E-state index in [2.05, 4.69) is 25.4 Å². The zero-order chi connectivity index (χ0) is 19.9. The molecule has 2 saturated heterocycles. The number of carbonyl (C=O) groups is 1. The number of urea groups is 1. The van der Waals surface area contributed by atoms with E-state index in [9.17, 15) is 4.79 Å². The molecule has 4 rings (SSSR count). The molecule has 2 amide bonds. The van der Waals surface area contributed by atoms with Gasteiger partial charge in [-0.05, 0) is 62.5 Å². The topological polar surface area (TPSA) is 73.6 Å². The van der Waals surface area contributed by atoms with Crippen LogP contribution in [0.15, 0.2) is 41.1 Å². The highest BCUT2D eigenvalue weighted by Crippen LogP contribution is 2.24. The normalized spacial score (nSPS) is 18.6. The molecule has 0 spiro atoms. The van der Waals surface area contributed by atoms with Crippen LogP contribution in [0.25, 0.3) is 0 Å². The van der Waals surface area contributed by atoms with Gasteiger partial charge in [0.25, 0.3) is 0 Å². The average molecular weight is 398 g/mol. The number of piperidine rings is 1. The number of amides is 2. The first kappa shape index (κ1) is 19.8. The number of likely N-dealkylation sites (tertiary alicyclic amines) is 1. The minimum absolute atomic E-state index is 0.0810. The number of nitrogens with zero attached hydrogens (tertiary/aromatic N) is 3. The third-order valence-electron chi connectivity index (χ3n) is 5.85. The van der Waals surface area contributed by atoms with Gasteiger partial charge in [0.1, 0.15) is 11.6 Å². The Bertz CT molecular complexity index is 750. The Morgan fingerprint density at radius 3 is 2.52 bits per heavy atom. The number of hydrogen-bond acceptors (Lipinski definition) is 5. The van der Waals surface area contributed by atoms with Gasteiger partial charge < -0.3 is 20.0 Å². The molecular formula is C22H31N5O2. The zero-order valence-corrected chi connectivity index (χ0v) is 17.0. The second-order valence-electron chi connectivity index (χ2n) is 7.91. The first-order valence-electron chi connectivity index (χ1n) is 10.8. The summed E-state index contributed by atoms with van der Waals surface area (Å²) in [6.45, 7) is 5.26. The average Bonchev–Trinajstić information content (AvgIpc) is 3.48. The number of nitrogens with one attached hydrogen (secondary N) is 2. The van der Waals surface area contributed by atoms with Crippen molar-refractivity contribution < 1.29 is 9.21 Å². The maximum Gasteiger partial charge on any atom is 0.315 e. The summed E-state index contributed by atoms with van der Waals surface area (Å²) in [5.41, 5.74) is 1.00. The van der Waals surface area contributed by atoms with E-state index in [-0.39, 0.29) is 12.1 Å². The maximum absolute atomic E-state index is 12.3. The van der Waals surface area contributed by atoms with Gasteiger partial charge in [0.15, 0.2) is 0 Å². The fraction of sp³-hybridized carbons (Fsp3) is 0.545. The molecule has 4 heterocycles. The van der Waals surface area contributed by atoms with Gasteiger partial charge >= 0.3 is 6.03 Å².